The maximum absolute atomic E-state index is 12.3. The van der Waals surface area contributed by atoms with E-state index in [1.54, 1.807) is 4.31 Å². The van der Waals surface area contributed by atoms with Crippen LogP contribution < -0.4 is 5.32 Å². The summed E-state index contributed by atoms with van der Waals surface area (Å²) in [5, 5.41) is 3.31. The Morgan fingerprint density at radius 1 is 1.16 bits per heavy atom. The molecule has 1 fully saturated rings. The molecule has 1 aliphatic rings. The summed E-state index contributed by atoms with van der Waals surface area (Å²) in [7, 11) is -3.05. The second kappa shape index (κ2) is 8.22. The summed E-state index contributed by atoms with van der Waals surface area (Å²) in [6.45, 7) is 8.96. The van der Waals surface area contributed by atoms with E-state index in [0.29, 0.717) is 18.2 Å². The summed E-state index contributed by atoms with van der Waals surface area (Å²) in [4.78, 5) is 0. The Balaban J connectivity index is 2.34. The lowest BCUT2D eigenvalue weighted by molar-refractivity contribution is 0.218. The van der Waals surface area contributed by atoms with Gasteiger partial charge in [0.1, 0.15) is 0 Å². The lowest BCUT2D eigenvalue weighted by Crippen LogP contribution is -2.45. The number of nitrogens with one attached hydrogen (secondary N) is 1. The third-order valence-corrected chi connectivity index (χ3v) is 5.88. The first kappa shape index (κ1) is 16.9. The van der Waals surface area contributed by atoms with Gasteiger partial charge in [-0.15, -0.1) is 0 Å². The van der Waals surface area contributed by atoms with Crippen molar-refractivity contribution in [3.63, 3.8) is 0 Å². The van der Waals surface area contributed by atoms with Crippen LogP contribution in [0.2, 0.25) is 0 Å². The first-order valence-electron chi connectivity index (χ1n) is 7.67. The van der Waals surface area contributed by atoms with Gasteiger partial charge < -0.3 is 5.32 Å². The molecule has 1 rings (SSSR count). The zero-order chi connectivity index (χ0) is 14.3. The average Bonchev–Trinajstić information content (AvgIpc) is 2.36. The van der Waals surface area contributed by atoms with Crippen molar-refractivity contribution in [2.24, 2.45) is 5.92 Å². The normalized spacial score (nSPS) is 25.6. The third-order valence-electron chi connectivity index (χ3n) is 3.85. The second-order valence-electron chi connectivity index (χ2n) is 5.87. The van der Waals surface area contributed by atoms with Crippen LogP contribution in [0.25, 0.3) is 0 Å². The molecule has 1 aliphatic heterocycles. The Labute approximate surface area is 119 Å². The van der Waals surface area contributed by atoms with Crippen molar-refractivity contribution in [3.8, 4) is 0 Å². The van der Waals surface area contributed by atoms with Crippen molar-refractivity contribution in [3.05, 3.63) is 0 Å². The van der Waals surface area contributed by atoms with Gasteiger partial charge in [0.25, 0.3) is 0 Å². The van der Waals surface area contributed by atoms with Crippen molar-refractivity contribution in [2.75, 3.05) is 25.4 Å². The van der Waals surface area contributed by atoms with E-state index in [-0.39, 0.29) is 6.04 Å². The summed E-state index contributed by atoms with van der Waals surface area (Å²) in [6.07, 6.45) is 4.97. The zero-order valence-electron chi connectivity index (χ0n) is 12.7. The summed E-state index contributed by atoms with van der Waals surface area (Å²) in [5.41, 5.74) is 0. The predicted octanol–water partition coefficient (Wildman–Crippen LogP) is 2.22. The summed E-state index contributed by atoms with van der Waals surface area (Å²) in [5.74, 6) is 0.801. The number of unbranched alkanes of at least 4 members (excludes halogenated alkanes) is 1. The van der Waals surface area contributed by atoms with Crippen LogP contribution >= 0.6 is 0 Å². The first-order valence-corrected chi connectivity index (χ1v) is 9.28. The Morgan fingerprint density at radius 2 is 1.89 bits per heavy atom. The molecule has 1 N–H and O–H groups in total. The monoisotopic (exact) mass is 290 g/mol. The Bertz CT molecular complexity index is 343. The highest BCUT2D eigenvalue weighted by atomic mass is 32.2. The second-order valence-corrected chi connectivity index (χ2v) is 7.92. The molecular weight excluding hydrogens is 260 g/mol. The molecule has 0 spiro atoms. The lowest BCUT2D eigenvalue weighted by atomic mass is 9.97. The Kier molecular flexibility index (Phi) is 7.32. The topological polar surface area (TPSA) is 49.4 Å². The molecule has 0 aliphatic carbocycles. The highest BCUT2D eigenvalue weighted by Gasteiger charge is 2.31. The minimum Gasteiger partial charge on any atom is -0.317 e. The van der Waals surface area contributed by atoms with E-state index in [0.717, 1.165) is 45.2 Å². The van der Waals surface area contributed by atoms with Crippen LogP contribution in [-0.2, 0) is 10.0 Å². The molecule has 0 aromatic heterocycles. The van der Waals surface area contributed by atoms with Gasteiger partial charge in [-0.25, -0.2) is 8.42 Å². The lowest BCUT2D eigenvalue weighted by Gasteiger charge is -2.35. The van der Waals surface area contributed by atoms with Crippen molar-refractivity contribution in [1.82, 2.24) is 9.62 Å². The van der Waals surface area contributed by atoms with Crippen molar-refractivity contribution >= 4 is 10.0 Å². The molecule has 0 saturated carbocycles. The van der Waals surface area contributed by atoms with Gasteiger partial charge in [-0.2, -0.15) is 4.31 Å². The molecule has 19 heavy (non-hydrogen) atoms. The minimum atomic E-state index is -3.05. The molecule has 0 radical (unpaired) electrons. The van der Waals surface area contributed by atoms with Crippen LogP contribution in [0.5, 0.6) is 0 Å². The molecular formula is C14H30N2O2S. The zero-order valence-corrected chi connectivity index (χ0v) is 13.5. The van der Waals surface area contributed by atoms with Gasteiger partial charge in [-0.1, -0.05) is 13.8 Å². The van der Waals surface area contributed by atoms with E-state index in [9.17, 15) is 8.42 Å². The third kappa shape index (κ3) is 5.79. The van der Waals surface area contributed by atoms with Crippen LogP contribution in [0, 0.1) is 5.92 Å². The largest absolute Gasteiger partial charge is 0.317 e. The van der Waals surface area contributed by atoms with E-state index >= 15 is 0 Å². The van der Waals surface area contributed by atoms with E-state index in [2.05, 4.69) is 19.2 Å². The van der Waals surface area contributed by atoms with Crippen LogP contribution in [0.15, 0.2) is 0 Å². The summed E-state index contributed by atoms with van der Waals surface area (Å²) in [6, 6.07) is 0.180. The van der Waals surface area contributed by atoms with Gasteiger partial charge in [0.2, 0.25) is 10.0 Å². The molecule has 0 bridgehead atoms. The molecule has 0 aromatic rings. The van der Waals surface area contributed by atoms with Gasteiger partial charge >= 0.3 is 0 Å². The number of piperidine rings is 1. The van der Waals surface area contributed by atoms with Crippen LogP contribution in [0.1, 0.15) is 52.9 Å². The van der Waals surface area contributed by atoms with Crippen LogP contribution in [0.3, 0.4) is 0 Å². The molecule has 114 valence electrons. The smallest absolute Gasteiger partial charge is 0.214 e. The average molecular weight is 290 g/mol. The van der Waals surface area contributed by atoms with Crippen molar-refractivity contribution in [2.45, 2.75) is 58.9 Å². The van der Waals surface area contributed by atoms with Crippen LogP contribution in [-0.4, -0.2) is 44.2 Å². The van der Waals surface area contributed by atoms with E-state index in [1.165, 1.54) is 0 Å². The van der Waals surface area contributed by atoms with E-state index in [4.69, 9.17) is 0 Å². The predicted molar refractivity (Wildman–Crippen MR) is 80.7 cm³/mol. The van der Waals surface area contributed by atoms with Gasteiger partial charge in [0, 0.05) is 12.6 Å². The van der Waals surface area contributed by atoms with Crippen molar-refractivity contribution in [1.29, 1.82) is 0 Å². The first-order chi connectivity index (χ1) is 8.97. The van der Waals surface area contributed by atoms with Crippen LogP contribution in [0.4, 0.5) is 0 Å². The molecule has 2 unspecified atom stereocenters. The minimum absolute atomic E-state index is 0.180. The Hall–Kier alpha value is -0.130. The van der Waals surface area contributed by atoms with Gasteiger partial charge in [-0.05, 0) is 58.0 Å². The fraction of sp³-hybridized carbons (Fsp3) is 1.00. The molecule has 0 aromatic carbocycles. The summed E-state index contributed by atoms with van der Waals surface area (Å²) < 4.78 is 26.4. The summed E-state index contributed by atoms with van der Waals surface area (Å²) >= 11 is 0. The highest BCUT2D eigenvalue weighted by Crippen LogP contribution is 2.24. The molecule has 0 amide bonds. The Morgan fingerprint density at radius 3 is 2.58 bits per heavy atom. The highest BCUT2D eigenvalue weighted by molar-refractivity contribution is 7.89. The fourth-order valence-electron chi connectivity index (χ4n) is 2.59. The molecule has 1 saturated heterocycles. The van der Waals surface area contributed by atoms with Gasteiger partial charge in [0.15, 0.2) is 0 Å². The number of sulfonamides is 1. The number of rotatable bonds is 8. The quantitative estimate of drug-likeness (QED) is 0.697. The fourth-order valence-corrected chi connectivity index (χ4v) is 4.53. The standard InChI is InChI=1S/C14H30N2O2S/c1-4-9-15-10-5-6-11-19(17,18)16-12-13(2)7-8-14(16)3/h13-15H,4-12H2,1-3H3. The van der Waals surface area contributed by atoms with Gasteiger partial charge in [0.05, 0.1) is 5.75 Å². The molecule has 1 heterocycles. The van der Waals surface area contributed by atoms with E-state index < -0.39 is 10.0 Å². The number of hydrogen-bond donors (Lipinski definition) is 1. The van der Waals surface area contributed by atoms with E-state index in [1.807, 2.05) is 6.92 Å². The SMILES string of the molecule is CCCNCCCCS(=O)(=O)N1CC(C)CCC1C. The maximum atomic E-state index is 12.3. The maximum Gasteiger partial charge on any atom is 0.214 e. The number of hydrogen-bond acceptors (Lipinski definition) is 3. The number of nitrogens with zero attached hydrogens (tertiary/aromatic N) is 1. The van der Waals surface area contributed by atoms with Crippen molar-refractivity contribution < 1.29 is 8.42 Å². The van der Waals surface area contributed by atoms with Gasteiger partial charge in [-0.3, -0.25) is 0 Å². The molecule has 5 heteroatoms. The molecule has 2 atom stereocenters. The molecule has 4 nitrogen and oxygen atoms in total.